The van der Waals surface area contributed by atoms with Gasteiger partial charge in [0.05, 0.1) is 11.3 Å². The monoisotopic (exact) mass is 433 g/mol. The number of aromatic nitrogens is 1. The molecule has 7 heteroatoms. The van der Waals surface area contributed by atoms with Crippen LogP contribution in [0.4, 0.5) is 13.2 Å². The smallest absolute Gasteiger partial charge is 0.416 e. The number of phenols is 1. The number of rotatable bonds is 6. The first kappa shape index (κ1) is 22.0. The minimum absolute atomic E-state index is 0.0216. The Morgan fingerprint density at radius 3 is 2.37 bits per heavy atom. The summed E-state index contributed by atoms with van der Waals surface area (Å²) >= 11 is 1.41. The Kier molecular flexibility index (Phi) is 6.31. The minimum Gasteiger partial charge on any atom is -0.508 e. The summed E-state index contributed by atoms with van der Waals surface area (Å²) in [7, 11) is 0. The van der Waals surface area contributed by atoms with E-state index in [2.05, 4.69) is 4.98 Å². The van der Waals surface area contributed by atoms with Crippen molar-refractivity contribution in [2.75, 3.05) is 0 Å². The molecule has 3 rings (SSSR count). The van der Waals surface area contributed by atoms with E-state index in [9.17, 15) is 23.1 Å². The summed E-state index contributed by atoms with van der Waals surface area (Å²) in [6.07, 6.45) is -3.58. The summed E-state index contributed by atoms with van der Waals surface area (Å²) in [6.45, 7) is 5.78. The molecule has 158 valence electrons. The molecule has 3 aromatic rings. The molecule has 0 aliphatic heterocycles. The third-order valence-corrected chi connectivity index (χ3v) is 6.00. The van der Waals surface area contributed by atoms with Crippen molar-refractivity contribution in [3.63, 3.8) is 0 Å². The summed E-state index contributed by atoms with van der Waals surface area (Å²) < 4.78 is 38.4. The maximum absolute atomic E-state index is 12.8. The number of hydrogen-bond acceptors (Lipinski definition) is 4. The second-order valence-corrected chi connectivity index (χ2v) is 8.56. The predicted octanol–water partition coefficient (Wildman–Crippen LogP) is 6.78. The van der Waals surface area contributed by atoms with Crippen LogP contribution in [-0.2, 0) is 12.6 Å². The number of carbonyl (C=O) groups is 1. The molecule has 0 saturated carbocycles. The van der Waals surface area contributed by atoms with E-state index in [0.29, 0.717) is 29.0 Å². The van der Waals surface area contributed by atoms with Gasteiger partial charge < -0.3 is 5.11 Å². The number of alkyl halides is 3. The van der Waals surface area contributed by atoms with Gasteiger partial charge in [-0.25, -0.2) is 4.98 Å². The second-order valence-electron chi connectivity index (χ2n) is 7.48. The van der Waals surface area contributed by atoms with Gasteiger partial charge in [0, 0.05) is 22.4 Å². The number of nitrogens with zero attached hydrogens (tertiary/aromatic N) is 1. The van der Waals surface area contributed by atoms with Gasteiger partial charge in [0.1, 0.15) is 10.8 Å². The molecule has 0 aliphatic rings. The Bertz CT molecular complexity index is 1050. The van der Waals surface area contributed by atoms with Gasteiger partial charge in [0.2, 0.25) is 0 Å². The molecule has 0 bridgehead atoms. The van der Waals surface area contributed by atoms with Crippen LogP contribution in [0, 0.1) is 6.92 Å². The summed E-state index contributed by atoms with van der Waals surface area (Å²) in [5.74, 6) is 0.228. The van der Waals surface area contributed by atoms with E-state index in [1.807, 2.05) is 13.8 Å². The highest BCUT2D eigenvalue weighted by molar-refractivity contribution is 7.15. The Labute approximate surface area is 177 Å². The minimum atomic E-state index is -4.37. The lowest BCUT2D eigenvalue weighted by Crippen LogP contribution is -2.04. The van der Waals surface area contributed by atoms with E-state index in [1.165, 1.54) is 29.5 Å². The van der Waals surface area contributed by atoms with Gasteiger partial charge in [-0.1, -0.05) is 26.0 Å². The van der Waals surface area contributed by atoms with Crippen molar-refractivity contribution in [1.82, 2.24) is 4.98 Å². The van der Waals surface area contributed by atoms with Gasteiger partial charge in [-0.3, -0.25) is 4.79 Å². The third kappa shape index (κ3) is 4.90. The fraction of sp³-hybridized carbons (Fsp3) is 0.304. The molecule has 0 amide bonds. The van der Waals surface area contributed by atoms with Gasteiger partial charge >= 0.3 is 6.18 Å². The number of aryl methyl sites for hydroxylation is 2. The maximum atomic E-state index is 12.8. The zero-order valence-electron chi connectivity index (χ0n) is 16.9. The summed E-state index contributed by atoms with van der Waals surface area (Å²) in [6, 6.07) is 9.65. The van der Waals surface area contributed by atoms with Gasteiger partial charge in [-0.15, -0.1) is 11.3 Å². The first-order valence-electron chi connectivity index (χ1n) is 9.56. The standard InChI is InChI=1S/C23H22F3NO2S/c1-13(2)21-20(11-10-19(29)18-9-8-17(28)12-14(18)3)30-22(27-21)15-4-6-16(7-5-15)23(24,25)26/h4-9,12-13,28H,10-11H2,1-3H3. The molecule has 0 saturated heterocycles. The maximum Gasteiger partial charge on any atom is 0.416 e. The Balaban J connectivity index is 1.81. The van der Waals surface area contributed by atoms with Crippen LogP contribution in [0.15, 0.2) is 42.5 Å². The van der Waals surface area contributed by atoms with Crippen molar-refractivity contribution in [3.8, 4) is 16.3 Å². The number of halogens is 3. The van der Waals surface area contributed by atoms with Crippen LogP contribution in [0.3, 0.4) is 0 Å². The number of benzene rings is 2. The lowest BCUT2D eigenvalue weighted by molar-refractivity contribution is -0.137. The molecule has 30 heavy (non-hydrogen) atoms. The molecule has 1 aromatic heterocycles. The van der Waals surface area contributed by atoms with E-state index in [0.717, 1.165) is 28.3 Å². The summed E-state index contributed by atoms with van der Waals surface area (Å²) in [5.41, 5.74) is 2.10. The van der Waals surface area contributed by atoms with Crippen molar-refractivity contribution >= 4 is 17.1 Å². The van der Waals surface area contributed by atoms with Crippen molar-refractivity contribution < 1.29 is 23.1 Å². The molecular weight excluding hydrogens is 411 g/mol. The summed E-state index contributed by atoms with van der Waals surface area (Å²) in [4.78, 5) is 18.2. The number of hydrogen-bond donors (Lipinski definition) is 1. The van der Waals surface area contributed by atoms with E-state index < -0.39 is 11.7 Å². The quantitative estimate of drug-likeness (QED) is 0.436. The highest BCUT2D eigenvalue weighted by Gasteiger charge is 2.30. The Morgan fingerprint density at radius 1 is 1.13 bits per heavy atom. The molecule has 0 unspecified atom stereocenters. The van der Waals surface area contributed by atoms with Crippen LogP contribution < -0.4 is 0 Å². The van der Waals surface area contributed by atoms with E-state index in [4.69, 9.17) is 0 Å². The lowest BCUT2D eigenvalue weighted by Gasteiger charge is -2.07. The molecule has 2 aromatic carbocycles. The largest absolute Gasteiger partial charge is 0.508 e. The Hall–Kier alpha value is -2.67. The number of carbonyl (C=O) groups excluding carboxylic acids is 1. The average Bonchev–Trinajstić information content (AvgIpc) is 3.10. The fourth-order valence-electron chi connectivity index (χ4n) is 3.24. The van der Waals surface area contributed by atoms with Crippen molar-refractivity contribution in [3.05, 3.63) is 69.7 Å². The molecular formula is C23H22F3NO2S. The fourth-order valence-corrected chi connectivity index (χ4v) is 4.46. The van der Waals surface area contributed by atoms with Gasteiger partial charge in [-0.05, 0) is 55.2 Å². The van der Waals surface area contributed by atoms with Crippen molar-refractivity contribution in [2.24, 2.45) is 0 Å². The molecule has 1 heterocycles. The van der Waals surface area contributed by atoms with Crippen molar-refractivity contribution in [1.29, 1.82) is 0 Å². The number of ketones is 1. The number of aromatic hydroxyl groups is 1. The molecule has 1 N–H and O–H groups in total. The lowest BCUT2D eigenvalue weighted by atomic mass is 9.99. The van der Waals surface area contributed by atoms with E-state index in [1.54, 1.807) is 19.1 Å². The van der Waals surface area contributed by atoms with Crippen LogP contribution in [0.25, 0.3) is 10.6 Å². The molecule has 3 nitrogen and oxygen atoms in total. The zero-order valence-corrected chi connectivity index (χ0v) is 17.7. The van der Waals surface area contributed by atoms with Crippen LogP contribution in [-0.4, -0.2) is 15.9 Å². The van der Waals surface area contributed by atoms with Crippen LogP contribution in [0.1, 0.15) is 58.2 Å². The average molecular weight is 433 g/mol. The van der Waals surface area contributed by atoms with E-state index in [-0.39, 0.29) is 17.5 Å². The zero-order chi connectivity index (χ0) is 22.1. The third-order valence-electron chi connectivity index (χ3n) is 4.82. The highest BCUT2D eigenvalue weighted by atomic mass is 32.1. The highest BCUT2D eigenvalue weighted by Crippen LogP contribution is 2.35. The molecule has 0 aliphatic carbocycles. The first-order valence-corrected chi connectivity index (χ1v) is 10.4. The van der Waals surface area contributed by atoms with Gasteiger partial charge in [0.25, 0.3) is 0 Å². The molecule has 0 radical (unpaired) electrons. The number of Topliss-reactive ketones (excluding diaryl/α,β-unsaturated/α-hetero) is 1. The molecule has 0 spiro atoms. The first-order chi connectivity index (χ1) is 14.1. The van der Waals surface area contributed by atoms with Crippen LogP contribution in [0.2, 0.25) is 0 Å². The van der Waals surface area contributed by atoms with Gasteiger partial charge in [-0.2, -0.15) is 13.2 Å². The van der Waals surface area contributed by atoms with Crippen LogP contribution >= 0.6 is 11.3 Å². The van der Waals surface area contributed by atoms with Gasteiger partial charge in [0.15, 0.2) is 5.78 Å². The predicted molar refractivity (Wildman–Crippen MR) is 112 cm³/mol. The number of phenolic OH excluding ortho intramolecular Hbond substituents is 1. The Morgan fingerprint density at radius 2 is 1.80 bits per heavy atom. The molecule has 0 fully saturated rings. The summed E-state index contributed by atoms with van der Waals surface area (Å²) in [5, 5.41) is 10.2. The second kappa shape index (κ2) is 8.60. The molecule has 0 atom stereocenters. The normalized spacial score (nSPS) is 11.8. The SMILES string of the molecule is Cc1cc(O)ccc1C(=O)CCc1sc(-c2ccc(C(F)(F)F)cc2)nc1C(C)C. The number of thiazole rings is 1. The van der Waals surface area contributed by atoms with Crippen molar-refractivity contribution in [2.45, 2.75) is 45.7 Å². The van der Waals surface area contributed by atoms with E-state index >= 15 is 0 Å². The topological polar surface area (TPSA) is 50.2 Å². The van der Waals surface area contributed by atoms with Crippen LogP contribution in [0.5, 0.6) is 5.75 Å².